The van der Waals surface area contributed by atoms with Crippen LogP contribution in [-0.4, -0.2) is 34.9 Å². The van der Waals surface area contributed by atoms with Crippen LogP contribution in [0.15, 0.2) is 6.07 Å². The Labute approximate surface area is 115 Å². The molecule has 0 aliphatic carbocycles. The summed E-state index contributed by atoms with van der Waals surface area (Å²) in [6.07, 6.45) is 0.709. The SMILES string of the molecule is COCc1nc(NN)cc(NC2CCC(=O)NC2=O)n1. The summed E-state index contributed by atoms with van der Waals surface area (Å²) in [4.78, 5) is 31.1. The average Bonchev–Trinajstić information content (AvgIpc) is 2.42. The number of hydrogen-bond acceptors (Lipinski definition) is 8. The summed E-state index contributed by atoms with van der Waals surface area (Å²) in [5.74, 6) is 5.97. The standard InChI is InChI=1S/C11H16N6O3/c1-20-5-9-14-7(4-8(15-9)17-12)13-6-2-3-10(18)16-11(6)19/h4,6H,2-3,5,12H2,1H3,(H,16,18,19)(H2,13,14,15,17). The molecule has 9 nitrogen and oxygen atoms in total. The number of nitrogens with one attached hydrogen (secondary N) is 3. The molecule has 0 bridgehead atoms. The van der Waals surface area contributed by atoms with Crippen LogP contribution < -0.4 is 21.9 Å². The molecule has 0 radical (unpaired) electrons. The second-order valence-corrected chi connectivity index (χ2v) is 4.28. The summed E-state index contributed by atoms with van der Waals surface area (Å²) in [5.41, 5.74) is 2.42. The molecule has 0 aromatic carbocycles. The minimum Gasteiger partial charge on any atom is -0.377 e. The van der Waals surface area contributed by atoms with E-state index >= 15 is 0 Å². The Bertz CT molecular complexity index is 521. The number of anilines is 2. The highest BCUT2D eigenvalue weighted by Crippen LogP contribution is 2.15. The minimum atomic E-state index is -0.511. The van der Waals surface area contributed by atoms with Crippen molar-refractivity contribution in [3.05, 3.63) is 11.9 Å². The number of methoxy groups -OCH3 is 1. The molecular weight excluding hydrogens is 264 g/mol. The zero-order valence-corrected chi connectivity index (χ0v) is 11.0. The summed E-state index contributed by atoms with van der Waals surface area (Å²) in [6, 6.07) is 1.06. The predicted octanol–water partition coefficient (Wildman–Crippen LogP) is -0.874. The molecule has 1 aliphatic heterocycles. The van der Waals surface area contributed by atoms with E-state index in [0.717, 1.165) is 0 Å². The van der Waals surface area contributed by atoms with Crippen LogP contribution in [0.4, 0.5) is 11.6 Å². The van der Waals surface area contributed by atoms with Gasteiger partial charge in [-0.15, -0.1) is 0 Å². The van der Waals surface area contributed by atoms with Crippen LogP contribution in [0.1, 0.15) is 18.7 Å². The number of amides is 2. The number of carbonyl (C=O) groups is 2. The maximum Gasteiger partial charge on any atom is 0.249 e. The van der Waals surface area contributed by atoms with Crippen LogP contribution in [0.3, 0.4) is 0 Å². The number of piperidine rings is 1. The molecule has 1 aromatic rings. The largest absolute Gasteiger partial charge is 0.377 e. The fourth-order valence-corrected chi connectivity index (χ4v) is 1.85. The van der Waals surface area contributed by atoms with Crippen molar-refractivity contribution >= 4 is 23.5 Å². The molecule has 0 saturated carbocycles. The van der Waals surface area contributed by atoms with Gasteiger partial charge < -0.3 is 15.5 Å². The number of nitrogens with zero attached hydrogens (tertiary/aromatic N) is 2. The van der Waals surface area contributed by atoms with Crippen molar-refractivity contribution in [2.24, 2.45) is 5.84 Å². The van der Waals surface area contributed by atoms with Gasteiger partial charge in [-0.2, -0.15) is 0 Å². The Morgan fingerprint density at radius 1 is 1.45 bits per heavy atom. The molecule has 1 aliphatic rings. The molecule has 2 heterocycles. The Kier molecular flexibility index (Phi) is 4.43. The van der Waals surface area contributed by atoms with Crippen LogP contribution in [0.25, 0.3) is 0 Å². The number of nitrogen functional groups attached to an aromatic ring is 1. The van der Waals surface area contributed by atoms with E-state index in [1.807, 2.05) is 0 Å². The lowest BCUT2D eigenvalue weighted by molar-refractivity contribution is -0.133. The average molecular weight is 280 g/mol. The van der Waals surface area contributed by atoms with Gasteiger partial charge in [-0.1, -0.05) is 0 Å². The van der Waals surface area contributed by atoms with Gasteiger partial charge in [0.2, 0.25) is 11.8 Å². The molecule has 1 unspecified atom stereocenters. The highest BCUT2D eigenvalue weighted by molar-refractivity contribution is 6.01. The number of carbonyl (C=O) groups excluding carboxylic acids is 2. The zero-order valence-electron chi connectivity index (χ0n) is 11.0. The van der Waals surface area contributed by atoms with Gasteiger partial charge in [-0.25, -0.2) is 15.8 Å². The molecular formula is C11H16N6O3. The van der Waals surface area contributed by atoms with Gasteiger partial charge in [0.15, 0.2) is 5.82 Å². The van der Waals surface area contributed by atoms with E-state index < -0.39 is 6.04 Å². The fraction of sp³-hybridized carbons (Fsp3) is 0.455. The summed E-state index contributed by atoms with van der Waals surface area (Å²) < 4.78 is 4.96. The monoisotopic (exact) mass is 280 g/mol. The van der Waals surface area contributed by atoms with Crippen molar-refractivity contribution in [2.75, 3.05) is 17.9 Å². The first-order valence-corrected chi connectivity index (χ1v) is 6.06. The Morgan fingerprint density at radius 3 is 2.85 bits per heavy atom. The van der Waals surface area contributed by atoms with Crippen molar-refractivity contribution in [3.8, 4) is 0 Å². The highest BCUT2D eigenvalue weighted by atomic mass is 16.5. The minimum absolute atomic E-state index is 0.222. The lowest BCUT2D eigenvalue weighted by atomic mass is 10.1. The summed E-state index contributed by atoms with van der Waals surface area (Å²) in [5, 5.41) is 5.23. The molecule has 0 spiro atoms. The van der Waals surface area contributed by atoms with Gasteiger partial charge in [0.1, 0.15) is 24.3 Å². The lowest BCUT2D eigenvalue weighted by Crippen LogP contribution is -2.47. The first-order valence-electron chi connectivity index (χ1n) is 6.06. The van der Waals surface area contributed by atoms with E-state index in [4.69, 9.17) is 10.6 Å². The van der Waals surface area contributed by atoms with Gasteiger partial charge in [-0.3, -0.25) is 14.9 Å². The number of hydrazine groups is 1. The van der Waals surface area contributed by atoms with Gasteiger partial charge >= 0.3 is 0 Å². The molecule has 9 heteroatoms. The third-order valence-electron chi connectivity index (χ3n) is 2.76. The van der Waals surface area contributed by atoms with Crippen LogP contribution in [-0.2, 0) is 20.9 Å². The van der Waals surface area contributed by atoms with Crippen molar-refractivity contribution in [1.82, 2.24) is 15.3 Å². The predicted molar refractivity (Wildman–Crippen MR) is 70.3 cm³/mol. The Morgan fingerprint density at radius 2 is 2.20 bits per heavy atom. The van der Waals surface area contributed by atoms with Crippen molar-refractivity contribution < 1.29 is 14.3 Å². The number of hydrogen-bond donors (Lipinski definition) is 4. The number of nitrogens with two attached hydrogens (primary N) is 1. The quantitative estimate of drug-likeness (QED) is 0.311. The van der Waals surface area contributed by atoms with Crippen LogP contribution >= 0.6 is 0 Å². The third kappa shape index (κ3) is 3.39. The molecule has 108 valence electrons. The number of aromatic nitrogens is 2. The smallest absolute Gasteiger partial charge is 0.249 e. The van der Waals surface area contributed by atoms with Crippen LogP contribution in [0.2, 0.25) is 0 Å². The summed E-state index contributed by atoms with van der Waals surface area (Å²) >= 11 is 0. The number of ether oxygens (including phenoxy) is 1. The molecule has 1 fully saturated rings. The van der Waals surface area contributed by atoms with Gasteiger partial charge in [0, 0.05) is 19.6 Å². The van der Waals surface area contributed by atoms with Crippen molar-refractivity contribution in [2.45, 2.75) is 25.5 Å². The first-order chi connectivity index (χ1) is 9.62. The fourth-order valence-electron chi connectivity index (χ4n) is 1.85. The number of rotatable bonds is 5. The van der Waals surface area contributed by atoms with Gasteiger partial charge in [0.25, 0.3) is 0 Å². The normalized spacial score (nSPS) is 18.6. The molecule has 1 saturated heterocycles. The molecule has 20 heavy (non-hydrogen) atoms. The molecule has 2 amide bonds. The van der Waals surface area contributed by atoms with E-state index in [1.54, 1.807) is 6.07 Å². The molecule has 2 rings (SSSR count). The molecule has 1 aromatic heterocycles. The van der Waals surface area contributed by atoms with Crippen LogP contribution in [0, 0.1) is 0 Å². The highest BCUT2D eigenvalue weighted by Gasteiger charge is 2.26. The van der Waals surface area contributed by atoms with E-state index in [-0.39, 0.29) is 18.4 Å². The molecule has 5 N–H and O–H groups in total. The van der Waals surface area contributed by atoms with Gasteiger partial charge in [0.05, 0.1) is 0 Å². The Hall–Kier alpha value is -2.26. The maximum absolute atomic E-state index is 11.7. The van der Waals surface area contributed by atoms with Crippen molar-refractivity contribution in [1.29, 1.82) is 0 Å². The second-order valence-electron chi connectivity index (χ2n) is 4.28. The number of imide groups is 1. The van der Waals surface area contributed by atoms with Crippen LogP contribution in [0.5, 0.6) is 0 Å². The van der Waals surface area contributed by atoms with E-state index in [2.05, 4.69) is 26.0 Å². The van der Waals surface area contributed by atoms with E-state index in [0.29, 0.717) is 30.3 Å². The maximum atomic E-state index is 11.7. The molecule has 1 atom stereocenters. The first kappa shape index (κ1) is 14.2. The van der Waals surface area contributed by atoms with Crippen molar-refractivity contribution in [3.63, 3.8) is 0 Å². The van der Waals surface area contributed by atoms with Gasteiger partial charge in [-0.05, 0) is 6.42 Å². The topological polar surface area (TPSA) is 131 Å². The lowest BCUT2D eigenvalue weighted by Gasteiger charge is -2.22. The summed E-state index contributed by atoms with van der Waals surface area (Å²) in [7, 11) is 1.53. The third-order valence-corrected chi connectivity index (χ3v) is 2.76. The Balaban J connectivity index is 2.13. The zero-order chi connectivity index (χ0) is 14.5. The summed E-state index contributed by atoms with van der Waals surface area (Å²) in [6.45, 7) is 0.222. The van der Waals surface area contributed by atoms with E-state index in [9.17, 15) is 9.59 Å². The second kappa shape index (κ2) is 6.26. The van der Waals surface area contributed by atoms with E-state index in [1.165, 1.54) is 7.11 Å².